The molecule has 3 heteroatoms. The van der Waals surface area contributed by atoms with Gasteiger partial charge in [-0.15, -0.1) is 0 Å². The topological polar surface area (TPSA) is 0 Å². The van der Waals surface area contributed by atoms with Crippen LogP contribution in [0.15, 0.2) is 0 Å². The molecule has 84 valence electrons. The molecule has 1 aliphatic carbocycles. The normalized spacial score (nSPS) is 43.9. The highest BCUT2D eigenvalue weighted by Gasteiger charge is 2.47. The van der Waals surface area contributed by atoms with Crippen molar-refractivity contribution < 1.29 is 0 Å². The maximum atomic E-state index is 4.78. The highest BCUT2D eigenvalue weighted by atomic mass is 32.1. The molecule has 1 aliphatic rings. The molecule has 4 unspecified atom stereocenters. The zero-order valence-corrected chi connectivity index (χ0v) is 12.1. The van der Waals surface area contributed by atoms with E-state index in [4.69, 9.17) is 37.9 Å². The van der Waals surface area contributed by atoms with E-state index < -0.39 is 0 Å². The fourth-order valence-electron chi connectivity index (χ4n) is 2.69. The summed E-state index contributed by atoms with van der Waals surface area (Å²) in [4.78, 5) is 0. The van der Waals surface area contributed by atoms with E-state index in [0.717, 1.165) is 0 Å². The smallest absolute Gasteiger partial charge is 0.0178 e. The Morgan fingerprint density at radius 2 is 0.929 bits per heavy atom. The first kappa shape index (κ1) is 13.1. The van der Waals surface area contributed by atoms with Gasteiger partial charge in [-0.2, -0.15) is 37.9 Å². The van der Waals surface area contributed by atoms with E-state index in [1.165, 1.54) is 0 Å². The Labute approximate surface area is 105 Å². The monoisotopic (exact) mass is 250 g/mol. The average molecular weight is 250 g/mol. The summed E-state index contributed by atoms with van der Waals surface area (Å²) in [5.74, 6) is 2.49. The molecule has 0 aliphatic heterocycles. The van der Waals surface area contributed by atoms with Crippen LogP contribution < -0.4 is 0 Å². The van der Waals surface area contributed by atoms with Gasteiger partial charge in [0, 0.05) is 15.7 Å². The third kappa shape index (κ3) is 2.25. The van der Waals surface area contributed by atoms with Crippen molar-refractivity contribution in [3.05, 3.63) is 0 Å². The van der Waals surface area contributed by atoms with Gasteiger partial charge in [-0.05, 0) is 23.7 Å². The molecule has 4 atom stereocenters. The van der Waals surface area contributed by atoms with Crippen molar-refractivity contribution >= 4 is 37.9 Å². The first-order valence-electron chi connectivity index (χ1n) is 5.42. The number of rotatable bonds is 2. The van der Waals surface area contributed by atoms with Crippen molar-refractivity contribution in [2.24, 2.45) is 23.7 Å². The van der Waals surface area contributed by atoms with E-state index in [1.54, 1.807) is 0 Å². The molecular weight excluding hydrogens is 228 g/mol. The van der Waals surface area contributed by atoms with Crippen LogP contribution in [0.25, 0.3) is 0 Å². The van der Waals surface area contributed by atoms with Crippen LogP contribution in [0.4, 0.5) is 0 Å². The lowest BCUT2D eigenvalue weighted by atomic mass is 9.88. The Kier molecular flexibility index (Phi) is 4.61. The van der Waals surface area contributed by atoms with Crippen molar-refractivity contribution in [1.29, 1.82) is 0 Å². The number of hydrogen-bond donors (Lipinski definition) is 3. The molecule has 1 saturated carbocycles. The number of thiol groups is 3. The van der Waals surface area contributed by atoms with Crippen molar-refractivity contribution in [1.82, 2.24) is 0 Å². The standard InChI is InChI=1S/C11H22S3/c1-5(2)7-9(12)8(6(3)4)11(14)10(7)13/h5-14H,1-4H3. The first-order chi connectivity index (χ1) is 6.37. The van der Waals surface area contributed by atoms with Crippen LogP contribution in [0.2, 0.25) is 0 Å². The minimum Gasteiger partial charge on any atom is -0.175 e. The van der Waals surface area contributed by atoms with Gasteiger partial charge >= 0.3 is 0 Å². The molecule has 14 heavy (non-hydrogen) atoms. The minimum absolute atomic E-state index is 0.397. The summed E-state index contributed by atoms with van der Waals surface area (Å²) in [6, 6.07) is 0. The molecule has 0 saturated heterocycles. The van der Waals surface area contributed by atoms with Gasteiger partial charge < -0.3 is 0 Å². The highest BCUT2D eigenvalue weighted by Crippen LogP contribution is 2.47. The fourth-order valence-corrected chi connectivity index (χ4v) is 5.48. The average Bonchev–Trinajstić information content (AvgIpc) is 2.23. The predicted octanol–water partition coefficient (Wildman–Crippen LogP) is 3.44. The Balaban J connectivity index is 2.85. The predicted molar refractivity (Wildman–Crippen MR) is 75.0 cm³/mol. The third-order valence-electron chi connectivity index (χ3n) is 3.47. The lowest BCUT2D eigenvalue weighted by molar-refractivity contribution is 0.358. The van der Waals surface area contributed by atoms with Gasteiger partial charge in [0.15, 0.2) is 0 Å². The largest absolute Gasteiger partial charge is 0.175 e. The lowest BCUT2D eigenvalue weighted by Gasteiger charge is -2.26. The summed E-state index contributed by atoms with van der Waals surface area (Å²) in [6.45, 7) is 9.06. The van der Waals surface area contributed by atoms with E-state index in [2.05, 4.69) is 27.7 Å². The lowest BCUT2D eigenvalue weighted by Crippen LogP contribution is -2.25. The van der Waals surface area contributed by atoms with E-state index in [9.17, 15) is 0 Å². The van der Waals surface area contributed by atoms with E-state index in [-0.39, 0.29) is 0 Å². The van der Waals surface area contributed by atoms with Gasteiger partial charge in [-0.1, -0.05) is 27.7 Å². The quantitative estimate of drug-likeness (QED) is 0.615. The van der Waals surface area contributed by atoms with E-state index in [0.29, 0.717) is 39.4 Å². The fraction of sp³-hybridized carbons (Fsp3) is 1.00. The van der Waals surface area contributed by atoms with E-state index >= 15 is 0 Å². The zero-order chi connectivity index (χ0) is 11.0. The third-order valence-corrected chi connectivity index (χ3v) is 5.72. The molecule has 0 bridgehead atoms. The van der Waals surface area contributed by atoms with Crippen LogP contribution in [-0.2, 0) is 0 Å². The highest BCUT2D eigenvalue weighted by molar-refractivity contribution is 7.85. The Hall–Kier alpha value is 1.05. The molecule has 1 fully saturated rings. The first-order valence-corrected chi connectivity index (χ1v) is 6.97. The summed E-state index contributed by atoms with van der Waals surface area (Å²) in [5, 5.41) is 1.25. The van der Waals surface area contributed by atoms with Crippen LogP contribution in [0.5, 0.6) is 0 Å². The van der Waals surface area contributed by atoms with Gasteiger partial charge in [0.2, 0.25) is 0 Å². The summed E-state index contributed by atoms with van der Waals surface area (Å²) in [7, 11) is 0. The zero-order valence-electron chi connectivity index (χ0n) is 9.38. The van der Waals surface area contributed by atoms with Crippen LogP contribution in [-0.4, -0.2) is 15.7 Å². The van der Waals surface area contributed by atoms with Gasteiger partial charge in [0.1, 0.15) is 0 Å². The van der Waals surface area contributed by atoms with Crippen LogP contribution in [0.3, 0.4) is 0 Å². The van der Waals surface area contributed by atoms with Crippen molar-refractivity contribution in [2.45, 2.75) is 43.4 Å². The molecule has 0 amide bonds. The SMILES string of the molecule is CC(C)C1C(S)C(S)C(C(C)C)C1S. The van der Waals surface area contributed by atoms with Gasteiger partial charge in [-0.25, -0.2) is 0 Å². The second-order valence-corrected chi connectivity index (χ2v) is 6.90. The van der Waals surface area contributed by atoms with E-state index in [1.807, 2.05) is 0 Å². The molecule has 0 aromatic carbocycles. The maximum absolute atomic E-state index is 4.78. The van der Waals surface area contributed by atoms with Crippen molar-refractivity contribution in [3.8, 4) is 0 Å². The Morgan fingerprint density at radius 3 is 1.07 bits per heavy atom. The molecule has 0 spiro atoms. The van der Waals surface area contributed by atoms with Crippen LogP contribution in [0.1, 0.15) is 27.7 Å². The molecule has 0 radical (unpaired) electrons. The summed E-state index contributed by atoms with van der Waals surface area (Å²) >= 11 is 14.2. The second kappa shape index (κ2) is 4.92. The summed E-state index contributed by atoms with van der Waals surface area (Å²) in [5.41, 5.74) is 0. The molecule has 0 nitrogen and oxygen atoms in total. The van der Waals surface area contributed by atoms with Gasteiger partial charge in [0.05, 0.1) is 0 Å². The van der Waals surface area contributed by atoms with Crippen molar-refractivity contribution in [2.75, 3.05) is 0 Å². The molecule has 0 aromatic rings. The summed E-state index contributed by atoms with van der Waals surface area (Å²) < 4.78 is 0. The molecular formula is C11H22S3. The minimum atomic E-state index is 0.397. The second-order valence-electron chi connectivity index (χ2n) is 5.11. The molecule has 0 aromatic heterocycles. The van der Waals surface area contributed by atoms with Gasteiger partial charge in [0.25, 0.3) is 0 Å². The molecule has 0 N–H and O–H groups in total. The molecule has 0 heterocycles. The number of hydrogen-bond acceptors (Lipinski definition) is 3. The summed E-state index contributed by atoms with van der Waals surface area (Å²) in [6.07, 6.45) is 0. The maximum Gasteiger partial charge on any atom is 0.0178 e. The van der Waals surface area contributed by atoms with Crippen LogP contribution in [0, 0.1) is 23.7 Å². The van der Waals surface area contributed by atoms with Crippen LogP contribution >= 0.6 is 37.9 Å². The van der Waals surface area contributed by atoms with Gasteiger partial charge in [-0.3, -0.25) is 0 Å². The Morgan fingerprint density at radius 1 is 0.643 bits per heavy atom. The van der Waals surface area contributed by atoms with Crippen molar-refractivity contribution in [3.63, 3.8) is 0 Å². The Bertz CT molecular complexity index is 171. The molecule has 1 rings (SSSR count).